The van der Waals surface area contributed by atoms with Gasteiger partial charge in [0.25, 0.3) is 5.69 Å². The Kier molecular flexibility index (Phi) is 2.77. The van der Waals surface area contributed by atoms with Crippen LogP contribution in [0.15, 0.2) is 30.3 Å². The molecule has 0 unspecified atom stereocenters. The molecule has 104 valence electrons. The zero-order valence-electron chi connectivity index (χ0n) is 10.4. The number of halogens is 1. The summed E-state index contributed by atoms with van der Waals surface area (Å²) in [6.45, 7) is 0. The smallest absolute Gasteiger partial charge is 0.299 e. The Morgan fingerprint density at radius 3 is 2.29 bits per heavy atom. The van der Waals surface area contributed by atoms with E-state index in [0.29, 0.717) is 0 Å². The van der Waals surface area contributed by atoms with Crippen molar-refractivity contribution >= 4 is 34.5 Å². The van der Waals surface area contributed by atoms with Gasteiger partial charge in [0.2, 0.25) is 5.78 Å². The van der Waals surface area contributed by atoms with E-state index in [4.69, 9.17) is 17.3 Å². The van der Waals surface area contributed by atoms with Crippen LogP contribution in [-0.2, 0) is 0 Å². The quantitative estimate of drug-likeness (QED) is 0.423. The zero-order valence-corrected chi connectivity index (χ0v) is 11.2. The van der Waals surface area contributed by atoms with Crippen LogP contribution in [0, 0.1) is 10.1 Å². The maximum Gasteiger partial charge on any atom is 0.299 e. The minimum absolute atomic E-state index is 0.0536. The average Bonchev–Trinajstić information content (AvgIpc) is 2.43. The topological polar surface area (TPSA) is 103 Å². The Balaban J connectivity index is 2.41. The molecule has 0 amide bonds. The fourth-order valence-corrected chi connectivity index (χ4v) is 2.67. The summed E-state index contributed by atoms with van der Waals surface area (Å²) >= 11 is 5.80. The van der Waals surface area contributed by atoms with E-state index in [-0.39, 0.29) is 33.0 Å². The predicted octanol–water partition coefficient (Wildman–Crippen LogP) is 2.61. The Labute approximate surface area is 123 Å². The van der Waals surface area contributed by atoms with Gasteiger partial charge in [-0.15, -0.1) is 0 Å². The minimum Gasteiger partial charge on any atom is -0.398 e. The Morgan fingerprint density at radius 2 is 1.62 bits per heavy atom. The number of nitrogens with two attached hydrogens (primary N) is 1. The van der Waals surface area contributed by atoms with Crippen molar-refractivity contribution in [3.05, 3.63) is 67.7 Å². The fourth-order valence-electron chi connectivity index (χ4n) is 2.45. The largest absolute Gasteiger partial charge is 0.398 e. The van der Waals surface area contributed by atoms with Gasteiger partial charge in [-0.05, 0) is 18.2 Å². The molecular formula is C14H7ClN2O4. The summed E-state index contributed by atoms with van der Waals surface area (Å²) < 4.78 is 0. The molecule has 0 saturated carbocycles. The molecule has 0 fully saturated rings. The van der Waals surface area contributed by atoms with E-state index in [2.05, 4.69) is 0 Å². The average molecular weight is 303 g/mol. The number of nitrogens with zero attached hydrogens (tertiary/aromatic N) is 1. The number of hydrogen-bond donors (Lipinski definition) is 1. The minimum atomic E-state index is -0.760. The van der Waals surface area contributed by atoms with Gasteiger partial charge in [0, 0.05) is 16.8 Å². The third kappa shape index (κ3) is 1.73. The number of rotatable bonds is 1. The number of fused-ring (bicyclic) bond motifs is 2. The Hall–Kier alpha value is -2.73. The van der Waals surface area contributed by atoms with Crippen molar-refractivity contribution in [3.63, 3.8) is 0 Å². The molecule has 0 radical (unpaired) electrons. The first kappa shape index (κ1) is 13.3. The lowest BCUT2D eigenvalue weighted by atomic mass is 9.82. The number of ketones is 2. The van der Waals surface area contributed by atoms with Gasteiger partial charge in [-0.3, -0.25) is 19.7 Å². The standard InChI is InChI=1S/C14H7ClN2O4/c15-8-5-4-7-11(12(8)17(20)21)14(19)6-2-1-3-9(16)10(6)13(7)18/h1-5H,16H2. The first-order valence-corrected chi connectivity index (χ1v) is 6.26. The fraction of sp³-hybridized carbons (Fsp3) is 0. The van der Waals surface area contributed by atoms with Crippen LogP contribution in [0.4, 0.5) is 11.4 Å². The summed E-state index contributed by atoms with van der Waals surface area (Å²) in [4.78, 5) is 35.4. The number of anilines is 1. The highest BCUT2D eigenvalue weighted by atomic mass is 35.5. The highest BCUT2D eigenvalue weighted by molar-refractivity contribution is 6.37. The van der Waals surface area contributed by atoms with Crippen LogP contribution in [0.25, 0.3) is 0 Å². The summed E-state index contributed by atoms with van der Waals surface area (Å²) in [5, 5.41) is 11.0. The molecule has 7 heteroatoms. The summed E-state index contributed by atoms with van der Waals surface area (Å²) in [5.74, 6) is -1.14. The third-order valence-corrected chi connectivity index (χ3v) is 3.66. The van der Waals surface area contributed by atoms with Crippen LogP contribution in [-0.4, -0.2) is 16.5 Å². The van der Waals surface area contributed by atoms with Gasteiger partial charge < -0.3 is 5.73 Å². The molecule has 0 aromatic heterocycles. The summed E-state index contributed by atoms with van der Waals surface area (Å²) in [7, 11) is 0. The van der Waals surface area contributed by atoms with E-state index in [0.717, 1.165) is 0 Å². The molecule has 3 rings (SSSR count). The number of benzene rings is 2. The van der Waals surface area contributed by atoms with E-state index in [9.17, 15) is 19.7 Å². The van der Waals surface area contributed by atoms with Crippen LogP contribution >= 0.6 is 11.6 Å². The molecule has 1 aliphatic rings. The van der Waals surface area contributed by atoms with E-state index in [1.807, 2.05) is 0 Å². The summed E-state index contributed by atoms with van der Waals surface area (Å²) in [5.41, 5.74) is 5.15. The zero-order chi connectivity index (χ0) is 15.3. The van der Waals surface area contributed by atoms with E-state index < -0.39 is 22.2 Å². The van der Waals surface area contributed by atoms with Crippen molar-refractivity contribution < 1.29 is 14.5 Å². The first-order valence-electron chi connectivity index (χ1n) is 5.88. The van der Waals surface area contributed by atoms with Gasteiger partial charge in [0.1, 0.15) is 10.6 Å². The second-order valence-corrected chi connectivity index (χ2v) is 4.91. The molecule has 1 aliphatic carbocycles. The van der Waals surface area contributed by atoms with Crippen molar-refractivity contribution in [2.24, 2.45) is 0 Å². The van der Waals surface area contributed by atoms with Crippen molar-refractivity contribution in [1.82, 2.24) is 0 Å². The van der Waals surface area contributed by atoms with Crippen LogP contribution in [0.3, 0.4) is 0 Å². The third-order valence-electron chi connectivity index (χ3n) is 3.35. The number of nitrogen functional groups attached to an aromatic ring is 1. The molecule has 21 heavy (non-hydrogen) atoms. The molecule has 0 bridgehead atoms. The highest BCUT2D eigenvalue weighted by Gasteiger charge is 2.37. The number of carbonyl (C=O) groups excluding carboxylic acids is 2. The van der Waals surface area contributed by atoms with E-state index >= 15 is 0 Å². The lowest BCUT2D eigenvalue weighted by Gasteiger charge is -2.18. The predicted molar refractivity (Wildman–Crippen MR) is 75.8 cm³/mol. The maximum atomic E-state index is 12.5. The lowest BCUT2D eigenvalue weighted by Crippen LogP contribution is -2.23. The second-order valence-electron chi connectivity index (χ2n) is 4.50. The molecule has 0 saturated heterocycles. The summed E-state index contributed by atoms with van der Waals surface area (Å²) in [6.07, 6.45) is 0. The number of nitro benzene ring substituents is 1. The van der Waals surface area contributed by atoms with Gasteiger partial charge in [-0.2, -0.15) is 0 Å². The normalized spacial score (nSPS) is 12.8. The molecule has 0 atom stereocenters. The molecule has 0 aliphatic heterocycles. The van der Waals surface area contributed by atoms with Crippen LogP contribution < -0.4 is 5.73 Å². The van der Waals surface area contributed by atoms with Gasteiger partial charge in [0.05, 0.1) is 10.5 Å². The Bertz CT molecular complexity index is 845. The molecule has 0 heterocycles. The molecular weight excluding hydrogens is 296 g/mol. The van der Waals surface area contributed by atoms with Crippen molar-refractivity contribution in [3.8, 4) is 0 Å². The SMILES string of the molecule is Nc1cccc2c1C(=O)c1ccc(Cl)c([N+](=O)[O-])c1C2=O. The number of carbonyl (C=O) groups is 2. The number of hydrogen-bond acceptors (Lipinski definition) is 5. The van der Waals surface area contributed by atoms with Crippen molar-refractivity contribution in [1.29, 1.82) is 0 Å². The highest BCUT2D eigenvalue weighted by Crippen LogP contribution is 2.38. The van der Waals surface area contributed by atoms with Gasteiger partial charge in [-0.25, -0.2) is 0 Å². The van der Waals surface area contributed by atoms with Crippen molar-refractivity contribution in [2.75, 3.05) is 5.73 Å². The van der Waals surface area contributed by atoms with Crippen LogP contribution in [0.5, 0.6) is 0 Å². The molecule has 2 N–H and O–H groups in total. The molecule has 2 aromatic carbocycles. The molecule has 2 aromatic rings. The lowest BCUT2D eigenvalue weighted by molar-refractivity contribution is -0.385. The second kappa shape index (κ2) is 4.39. The van der Waals surface area contributed by atoms with Gasteiger partial charge in [-0.1, -0.05) is 23.7 Å². The van der Waals surface area contributed by atoms with Gasteiger partial charge >= 0.3 is 0 Å². The van der Waals surface area contributed by atoms with Gasteiger partial charge in [0.15, 0.2) is 5.78 Å². The number of nitro groups is 1. The monoisotopic (exact) mass is 302 g/mol. The maximum absolute atomic E-state index is 12.5. The van der Waals surface area contributed by atoms with Crippen LogP contribution in [0.1, 0.15) is 31.8 Å². The van der Waals surface area contributed by atoms with E-state index in [1.165, 1.54) is 30.3 Å². The summed E-state index contributed by atoms with van der Waals surface area (Å²) in [6, 6.07) is 6.97. The first-order chi connectivity index (χ1) is 9.93. The van der Waals surface area contributed by atoms with Crippen molar-refractivity contribution in [2.45, 2.75) is 0 Å². The molecule has 6 nitrogen and oxygen atoms in total. The van der Waals surface area contributed by atoms with Crippen LogP contribution in [0.2, 0.25) is 5.02 Å². The molecule has 0 spiro atoms. The Morgan fingerprint density at radius 1 is 1.00 bits per heavy atom. The van der Waals surface area contributed by atoms with E-state index in [1.54, 1.807) is 0 Å².